The molecule has 2 aromatic carbocycles. The molecule has 0 bridgehead atoms. The minimum Gasteiger partial charge on any atom is -0.466 e. The standard InChI is InChI=1S/C30H28ClFN6O4S/c1-17(39)18-3-6-20(7-4-18)38-15-21-14-36(10-11-37(21)30(38)41)16-24-25(29(40)42-2)26(22-8-5-19(32)13-23(22)31)35-27(34-24)28-33-9-12-43-28/h3-9,12-13,21,26H,10-11,14-16H2,1-2H3,(H,34,35)/t21-,26-/m0/s1. The van der Waals surface area contributed by atoms with Crippen LogP contribution in [0.3, 0.4) is 0 Å². The van der Waals surface area contributed by atoms with E-state index in [2.05, 4.69) is 15.2 Å². The fourth-order valence-corrected chi connectivity index (χ4v) is 6.56. The van der Waals surface area contributed by atoms with Gasteiger partial charge in [-0.25, -0.2) is 19.0 Å². The van der Waals surface area contributed by atoms with Gasteiger partial charge in [-0.15, -0.1) is 11.3 Å². The number of carbonyl (C=O) groups excluding carboxylic acids is 3. The monoisotopic (exact) mass is 622 g/mol. The molecule has 0 saturated carbocycles. The molecule has 3 aromatic rings. The number of nitrogens with zero attached hydrogens (tertiary/aromatic N) is 5. The van der Waals surface area contributed by atoms with Crippen molar-refractivity contribution >= 4 is 52.2 Å². The number of methoxy groups -OCH3 is 1. The summed E-state index contributed by atoms with van der Waals surface area (Å²) >= 11 is 7.86. The number of esters is 1. The Morgan fingerprint density at radius 2 is 1.95 bits per heavy atom. The topological polar surface area (TPSA) is 107 Å². The van der Waals surface area contributed by atoms with Crippen LogP contribution in [0.1, 0.15) is 33.9 Å². The molecular weight excluding hydrogens is 595 g/mol. The van der Waals surface area contributed by atoms with Gasteiger partial charge in [0.15, 0.2) is 16.6 Å². The zero-order valence-corrected chi connectivity index (χ0v) is 25.0. The van der Waals surface area contributed by atoms with Crippen molar-refractivity contribution in [3.8, 4) is 0 Å². The molecule has 2 atom stereocenters. The molecule has 3 aliphatic heterocycles. The SMILES string of the molecule is COC(=O)C1=C(CN2CCN3C(=O)N(c4ccc(C(C)=O)cc4)C[C@@H]3C2)NC(c2nccs2)=N[C@H]1c1ccc(F)cc1Cl. The molecule has 6 rings (SSSR count). The number of piperazine rings is 1. The number of halogens is 2. The number of Topliss-reactive ketones (excluding diaryl/α,β-unsaturated/α-hetero) is 1. The summed E-state index contributed by atoms with van der Waals surface area (Å²) in [4.78, 5) is 53.2. The minimum absolute atomic E-state index is 0.0312. The number of ether oxygens (including phenoxy) is 1. The molecule has 0 spiro atoms. The average molecular weight is 623 g/mol. The first kappa shape index (κ1) is 29.0. The number of aromatic nitrogens is 1. The highest BCUT2D eigenvalue weighted by molar-refractivity contribution is 7.11. The number of anilines is 1. The predicted octanol–water partition coefficient (Wildman–Crippen LogP) is 4.28. The van der Waals surface area contributed by atoms with Crippen LogP contribution in [-0.4, -0.2) is 84.3 Å². The van der Waals surface area contributed by atoms with Crippen molar-refractivity contribution in [2.45, 2.75) is 19.0 Å². The van der Waals surface area contributed by atoms with Gasteiger partial charge in [0.05, 0.1) is 18.7 Å². The molecule has 0 unspecified atom stereocenters. The number of carbonyl (C=O) groups is 3. The predicted molar refractivity (Wildman–Crippen MR) is 161 cm³/mol. The highest BCUT2D eigenvalue weighted by atomic mass is 35.5. The van der Waals surface area contributed by atoms with Gasteiger partial charge in [0.25, 0.3) is 0 Å². The number of ketones is 1. The number of amides is 2. The first-order chi connectivity index (χ1) is 20.7. The molecule has 2 fully saturated rings. The van der Waals surface area contributed by atoms with Crippen molar-refractivity contribution in [3.63, 3.8) is 0 Å². The maximum atomic E-state index is 13.9. The van der Waals surface area contributed by atoms with Crippen LogP contribution in [0.15, 0.2) is 70.3 Å². The Morgan fingerprint density at radius 1 is 1.16 bits per heavy atom. The summed E-state index contributed by atoms with van der Waals surface area (Å²) in [6.45, 7) is 3.99. The number of nitrogens with one attached hydrogen (secondary N) is 1. The van der Waals surface area contributed by atoms with E-state index in [9.17, 15) is 18.8 Å². The fraction of sp³-hybridized carbons (Fsp3) is 0.300. The molecule has 1 aromatic heterocycles. The van der Waals surface area contributed by atoms with Gasteiger partial charge in [-0.3, -0.25) is 19.6 Å². The van der Waals surface area contributed by atoms with E-state index in [-0.39, 0.29) is 28.5 Å². The molecular formula is C30H28ClFN6O4S. The molecule has 2 amide bonds. The molecule has 10 nitrogen and oxygen atoms in total. The minimum atomic E-state index is -0.849. The van der Waals surface area contributed by atoms with E-state index >= 15 is 0 Å². The van der Waals surface area contributed by atoms with E-state index in [4.69, 9.17) is 21.3 Å². The van der Waals surface area contributed by atoms with Crippen molar-refractivity contribution < 1.29 is 23.5 Å². The lowest BCUT2D eigenvalue weighted by molar-refractivity contribution is -0.136. The van der Waals surface area contributed by atoms with Gasteiger partial charge >= 0.3 is 12.0 Å². The molecule has 222 valence electrons. The van der Waals surface area contributed by atoms with Crippen LogP contribution in [0, 0.1) is 5.82 Å². The Balaban J connectivity index is 1.28. The fourth-order valence-electron chi connectivity index (χ4n) is 5.70. The van der Waals surface area contributed by atoms with Crippen LogP contribution in [0.2, 0.25) is 5.02 Å². The van der Waals surface area contributed by atoms with Crippen LogP contribution in [0.5, 0.6) is 0 Å². The first-order valence-electron chi connectivity index (χ1n) is 13.7. The summed E-state index contributed by atoms with van der Waals surface area (Å²) in [6.07, 6.45) is 1.67. The molecule has 43 heavy (non-hydrogen) atoms. The number of urea groups is 1. The first-order valence-corrected chi connectivity index (χ1v) is 14.9. The van der Waals surface area contributed by atoms with Gasteiger partial charge in [0.1, 0.15) is 11.9 Å². The van der Waals surface area contributed by atoms with Crippen molar-refractivity contribution in [2.24, 2.45) is 4.99 Å². The summed E-state index contributed by atoms with van der Waals surface area (Å²) < 4.78 is 19.1. The second-order valence-corrected chi connectivity index (χ2v) is 11.8. The third kappa shape index (κ3) is 5.65. The second-order valence-electron chi connectivity index (χ2n) is 10.5. The Labute approximate surface area is 256 Å². The number of aliphatic imine (C=N–C) groups is 1. The van der Waals surface area contributed by atoms with E-state index in [1.165, 1.54) is 43.6 Å². The maximum absolute atomic E-state index is 13.9. The maximum Gasteiger partial charge on any atom is 0.338 e. The number of hydrogen-bond donors (Lipinski definition) is 1. The number of fused-ring (bicyclic) bond motifs is 1. The van der Waals surface area contributed by atoms with Crippen LogP contribution < -0.4 is 10.2 Å². The van der Waals surface area contributed by atoms with Gasteiger partial charge in [0.2, 0.25) is 0 Å². The van der Waals surface area contributed by atoms with Gasteiger partial charge in [0, 0.05) is 71.8 Å². The van der Waals surface area contributed by atoms with Crippen LogP contribution in [-0.2, 0) is 9.53 Å². The van der Waals surface area contributed by atoms with Gasteiger partial charge < -0.3 is 15.0 Å². The van der Waals surface area contributed by atoms with Gasteiger partial charge in [-0.05, 0) is 43.3 Å². The zero-order valence-electron chi connectivity index (χ0n) is 23.4. The lowest BCUT2D eigenvalue weighted by Crippen LogP contribution is -2.53. The highest BCUT2D eigenvalue weighted by Crippen LogP contribution is 2.37. The summed E-state index contributed by atoms with van der Waals surface area (Å²) in [5.41, 5.74) is 2.65. The highest BCUT2D eigenvalue weighted by Gasteiger charge is 2.42. The number of rotatable bonds is 7. The van der Waals surface area contributed by atoms with Gasteiger partial charge in [-0.1, -0.05) is 17.7 Å². The lowest BCUT2D eigenvalue weighted by atomic mass is 9.95. The van der Waals surface area contributed by atoms with E-state index in [1.54, 1.807) is 35.4 Å². The molecule has 13 heteroatoms. The number of benzene rings is 2. The zero-order chi connectivity index (χ0) is 30.2. The second kappa shape index (κ2) is 11.9. The Morgan fingerprint density at radius 3 is 2.63 bits per heavy atom. The summed E-state index contributed by atoms with van der Waals surface area (Å²) in [6, 6.07) is 10.1. The third-order valence-electron chi connectivity index (χ3n) is 7.83. The summed E-state index contributed by atoms with van der Waals surface area (Å²) in [5, 5.41) is 5.91. The molecule has 0 aliphatic carbocycles. The molecule has 0 radical (unpaired) electrons. The van der Waals surface area contributed by atoms with Crippen molar-refractivity contribution in [1.82, 2.24) is 20.1 Å². The smallest absolute Gasteiger partial charge is 0.338 e. The van der Waals surface area contributed by atoms with Crippen LogP contribution in [0.25, 0.3) is 0 Å². The Kier molecular flexibility index (Phi) is 7.99. The Bertz CT molecular complexity index is 1640. The number of thiazole rings is 1. The van der Waals surface area contributed by atoms with E-state index in [0.717, 1.165) is 5.69 Å². The Hall–Kier alpha value is -4.13. The quantitative estimate of drug-likeness (QED) is 0.310. The van der Waals surface area contributed by atoms with Crippen LogP contribution in [0.4, 0.5) is 14.9 Å². The summed E-state index contributed by atoms with van der Waals surface area (Å²) in [5.74, 6) is -0.637. The lowest BCUT2D eigenvalue weighted by Gasteiger charge is -2.38. The molecule has 3 aliphatic rings. The van der Waals surface area contributed by atoms with Crippen LogP contribution >= 0.6 is 22.9 Å². The van der Waals surface area contributed by atoms with Crippen molar-refractivity contribution in [3.05, 3.63) is 92.3 Å². The third-order valence-corrected chi connectivity index (χ3v) is 8.93. The van der Waals surface area contributed by atoms with E-state index in [1.807, 2.05) is 10.3 Å². The summed E-state index contributed by atoms with van der Waals surface area (Å²) in [7, 11) is 1.30. The number of amidine groups is 1. The van der Waals surface area contributed by atoms with E-state index in [0.29, 0.717) is 60.4 Å². The molecule has 2 saturated heterocycles. The number of hydrogen-bond acceptors (Lipinski definition) is 9. The van der Waals surface area contributed by atoms with Crippen molar-refractivity contribution in [1.29, 1.82) is 0 Å². The average Bonchev–Trinajstić information content (AvgIpc) is 3.65. The van der Waals surface area contributed by atoms with Crippen molar-refractivity contribution in [2.75, 3.05) is 44.7 Å². The largest absolute Gasteiger partial charge is 0.466 e. The molecule has 4 heterocycles. The normalized spacial score (nSPS) is 20.6. The van der Waals surface area contributed by atoms with Gasteiger partial charge in [-0.2, -0.15) is 0 Å². The van der Waals surface area contributed by atoms with E-state index < -0.39 is 17.8 Å². The molecule has 1 N–H and O–H groups in total.